The maximum Gasteiger partial charge on any atom is 0.289 e. The van der Waals surface area contributed by atoms with Crippen LogP contribution in [0.2, 0.25) is 0 Å². The van der Waals surface area contributed by atoms with Crippen molar-refractivity contribution in [1.82, 2.24) is 0 Å². The van der Waals surface area contributed by atoms with E-state index in [1.165, 1.54) is 0 Å². The third kappa shape index (κ3) is 3.83. The SMILES string of the molecule is O=c1sc(Sc2c(F)c(F)c(F)c(F)c2F)c(Sc2c(F)c(F)c(F)c(F)c2F)s1. The van der Waals surface area contributed by atoms with Crippen LogP contribution in [0.15, 0.2) is 23.0 Å². The Hall–Kier alpha value is -1.71. The standard InChI is InChI=1S/C15F10OS4/c16-1-3(18)7(22)11(8(23)4(1)19)27-13-14(30-15(26)29-13)28-12-9(24)5(20)2(17)6(21)10(12)25. The van der Waals surface area contributed by atoms with Gasteiger partial charge in [0.05, 0.1) is 18.2 Å². The molecule has 1 aromatic heterocycles. The Bertz CT molecular complexity index is 1090. The van der Waals surface area contributed by atoms with Crippen LogP contribution in [0.3, 0.4) is 0 Å². The molecule has 0 aliphatic carbocycles. The number of halogens is 10. The highest BCUT2D eigenvalue weighted by Crippen LogP contribution is 2.46. The molecule has 3 aromatic rings. The first-order chi connectivity index (χ1) is 14.0. The zero-order valence-corrected chi connectivity index (χ0v) is 16.6. The lowest BCUT2D eigenvalue weighted by Gasteiger charge is -2.09. The van der Waals surface area contributed by atoms with Crippen LogP contribution in [-0.2, 0) is 0 Å². The van der Waals surface area contributed by atoms with E-state index in [9.17, 15) is 48.7 Å². The highest BCUT2D eigenvalue weighted by atomic mass is 32.2. The second-order valence-electron chi connectivity index (χ2n) is 5.03. The summed E-state index contributed by atoms with van der Waals surface area (Å²) in [5.41, 5.74) is 0. The molecular formula is C15F10OS4. The summed E-state index contributed by atoms with van der Waals surface area (Å²) in [4.78, 5) is 8.79. The number of hydrogen-bond acceptors (Lipinski definition) is 5. The van der Waals surface area contributed by atoms with Crippen LogP contribution < -0.4 is 4.06 Å². The maximum absolute atomic E-state index is 13.9. The molecule has 0 aliphatic heterocycles. The van der Waals surface area contributed by atoms with Crippen molar-refractivity contribution < 1.29 is 43.9 Å². The van der Waals surface area contributed by atoms with Gasteiger partial charge < -0.3 is 0 Å². The van der Waals surface area contributed by atoms with Crippen molar-refractivity contribution in [2.75, 3.05) is 0 Å². The van der Waals surface area contributed by atoms with Crippen molar-refractivity contribution in [3.63, 3.8) is 0 Å². The average Bonchev–Trinajstić information content (AvgIpc) is 3.07. The third-order valence-electron chi connectivity index (χ3n) is 3.25. The molecule has 0 saturated carbocycles. The lowest BCUT2D eigenvalue weighted by Crippen LogP contribution is -2.03. The summed E-state index contributed by atoms with van der Waals surface area (Å²) in [7, 11) is 0. The molecule has 160 valence electrons. The summed E-state index contributed by atoms with van der Waals surface area (Å²) in [6, 6.07) is 0. The minimum atomic E-state index is -2.43. The Morgan fingerprint density at radius 1 is 0.433 bits per heavy atom. The van der Waals surface area contributed by atoms with Crippen LogP contribution in [0, 0.1) is 58.2 Å². The molecule has 0 fully saturated rings. The fourth-order valence-corrected chi connectivity index (χ4v) is 6.91. The quantitative estimate of drug-likeness (QED) is 0.215. The zero-order valence-electron chi connectivity index (χ0n) is 13.3. The number of benzene rings is 2. The molecular weight excluding hydrogens is 514 g/mol. The summed E-state index contributed by atoms with van der Waals surface area (Å²) < 4.78 is 133. The molecule has 30 heavy (non-hydrogen) atoms. The molecule has 15 heteroatoms. The fourth-order valence-electron chi connectivity index (χ4n) is 1.91. The summed E-state index contributed by atoms with van der Waals surface area (Å²) in [5, 5.41) is 0. The van der Waals surface area contributed by atoms with Crippen LogP contribution in [0.5, 0.6) is 0 Å². The Kier molecular flexibility index (Phi) is 6.46. The average molecular weight is 514 g/mol. The summed E-state index contributed by atoms with van der Waals surface area (Å²) >= 11 is 0.169. The smallest absolute Gasteiger partial charge is 0.265 e. The minimum Gasteiger partial charge on any atom is -0.265 e. The molecule has 0 saturated heterocycles. The third-order valence-corrected chi connectivity index (χ3v) is 8.28. The minimum absolute atomic E-state index is 0.127. The van der Waals surface area contributed by atoms with Gasteiger partial charge in [-0.15, -0.1) is 0 Å². The molecule has 0 unspecified atom stereocenters. The lowest BCUT2D eigenvalue weighted by molar-refractivity contribution is 0.360. The van der Waals surface area contributed by atoms with Crippen molar-refractivity contribution in [3.8, 4) is 0 Å². The highest BCUT2D eigenvalue weighted by molar-refractivity contribution is 8.05. The van der Waals surface area contributed by atoms with E-state index in [4.69, 9.17) is 0 Å². The topological polar surface area (TPSA) is 17.1 Å². The normalized spacial score (nSPS) is 11.4. The molecule has 1 nitrogen and oxygen atoms in total. The van der Waals surface area contributed by atoms with E-state index < -0.39 is 80.4 Å². The van der Waals surface area contributed by atoms with Gasteiger partial charge >= 0.3 is 0 Å². The van der Waals surface area contributed by atoms with Gasteiger partial charge in [-0.2, -0.15) is 0 Å². The van der Waals surface area contributed by atoms with Gasteiger partial charge in [0.2, 0.25) is 11.6 Å². The van der Waals surface area contributed by atoms with Gasteiger partial charge in [-0.25, -0.2) is 43.9 Å². The van der Waals surface area contributed by atoms with E-state index in [2.05, 4.69) is 0 Å². The van der Waals surface area contributed by atoms with Crippen LogP contribution in [0.1, 0.15) is 0 Å². The lowest BCUT2D eigenvalue weighted by atomic mass is 10.3. The van der Waals surface area contributed by atoms with E-state index in [-0.39, 0.29) is 46.2 Å². The largest absolute Gasteiger partial charge is 0.289 e. The first-order valence-electron chi connectivity index (χ1n) is 6.98. The van der Waals surface area contributed by atoms with Gasteiger partial charge in [-0.1, -0.05) is 46.2 Å². The Labute approximate surface area is 175 Å². The van der Waals surface area contributed by atoms with E-state index in [0.717, 1.165) is 0 Å². The maximum atomic E-state index is 13.9. The molecule has 0 atom stereocenters. The molecule has 3 rings (SSSR count). The highest BCUT2D eigenvalue weighted by Gasteiger charge is 2.30. The number of hydrogen-bond donors (Lipinski definition) is 0. The van der Waals surface area contributed by atoms with E-state index >= 15 is 0 Å². The Balaban J connectivity index is 2.10. The van der Waals surface area contributed by atoms with Crippen molar-refractivity contribution >= 4 is 46.2 Å². The van der Waals surface area contributed by atoms with E-state index in [1.54, 1.807) is 0 Å². The van der Waals surface area contributed by atoms with Gasteiger partial charge in [0.25, 0.3) is 4.06 Å². The number of rotatable bonds is 4. The first-order valence-corrected chi connectivity index (χ1v) is 10.2. The predicted molar refractivity (Wildman–Crippen MR) is 89.2 cm³/mol. The zero-order chi connectivity index (χ0) is 22.5. The van der Waals surface area contributed by atoms with Crippen LogP contribution >= 0.6 is 46.2 Å². The Morgan fingerprint density at radius 2 is 0.667 bits per heavy atom. The van der Waals surface area contributed by atoms with Gasteiger partial charge in [-0.3, -0.25) is 4.79 Å². The van der Waals surface area contributed by atoms with E-state index in [0.29, 0.717) is 0 Å². The van der Waals surface area contributed by atoms with Gasteiger partial charge in [0, 0.05) is 0 Å². The van der Waals surface area contributed by atoms with Crippen molar-refractivity contribution in [3.05, 3.63) is 67.0 Å². The summed E-state index contributed by atoms with van der Waals surface area (Å²) in [5.74, 6) is -22.8. The molecule has 0 N–H and O–H groups in total. The van der Waals surface area contributed by atoms with Crippen LogP contribution in [-0.4, -0.2) is 0 Å². The molecule has 0 amide bonds. The van der Waals surface area contributed by atoms with Gasteiger partial charge in [0.15, 0.2) is 46.5 Å². The molecule has 0 radical (unpaired) electrons. The van der Waals surface area contributed by atoms with Crippen LogP contribution in [0.25, 0.3) is 0 Å². The van der Waals surface area contributed by atoms with Crippen LogP contribution in [0.4, 0.5) is 43.9 Å². The van der Waals surface area contributed by atoms with Crippen molar-refractivity contribution in [1.29, 1.82) is 0 Å². The molecule has 2 aromatic carbocycles. The first kappa shape index (κ1) is 23.0. The second kappa shape index (κ2) is 8.43. The fraction of sp³-hybridized carbons (Fsp3) is 0. The van der Waals surface area contributed by atoms with Crippen molar-refractivity contribution in [2.24, 2.45) is 0 Å². The van der Waals surface area contributed by atoms with Gasteiger partial charge in [-0.05, 0) is 0 Å². The Morgan fingerprint density at radius 3 is 0.933 bits per heavy atom. The van der Waals surface area contributed by atoms with E-state index in [1.807, 2.05) is 0 Å². The monoisotopic (exact) mass is 514 g/mol. The molecule has 0 spiro atoms. The summed E-state index contributed by atoms with van der Waals surface area (Å²) in [6.07, 6.45) is 0. The van der Waals surface area contributed by atoms with Crippen molar-refractivity contribution in [2.45, 2.75) is 18.2 Å². The predicted octanol–water partition coefficient (Wildman–Crippen LogP) is 6.86. The summed E-state index contributed by atoms with van der Waals surface area (Å²) in [6.45, 7) is 0. The van der Waals surface area contributed by atoms with Gasteiger partial charge in [0.1, 0.15) is 0 Å². The molecule has 0 bridgehead atoms. The second-order valence-corrected chi connectivity index (χ2v) is 9.81. The molecule has 0 aliphatic rings. The molecule has 1 heterocycles.